The highest BCUT2D eigenvalue weighted by Crippen LogP contribution is 2.33. The molecule has 28 heavy (non-hydrogen) atoms. The number of alkyl halides is 2. The number of nitrogens with zero attached hydrogens (tertiary/aromatic N) is 2. The Hall–Kier alpha value is -3.16. The molecule has 0 radical (unpaired) electrons. The maximum absolute atomic E-state index is 13.5. The molecule has 0 aliphatic carbocycles. The number of aromatic nitrogens is 2. The van der Waals surface area contributed by atoms with E-state index in [1.165, 1.54) is 0 Å². The summed E-state index contributed by atoms with van der Waals surface area (Å²) < 4.78 is 43.8. The quantitative estimate of drug-likeness (QED) is 0.586. The number of hydrogen-bond acceptors (Lipinski definition) is 5. The molecule has 3 aromatic rings. The maximum Gasteiger partial charge on any atom is 0.320 e. The van der Waals surface area contributed by atoms with E-state index in [1.54, 1.807) is 37.3 Å². The van der Waals surface area contributed by atoms with Gasteiger partial charge >= 0.3 is 12.5 Å². The van der Waals surface area contributed by atoms with E-state index in [-0.39, 0.29) is 19.0 Å². The molecule has 0 N–H and O–H groups in total. The lowest BCUT2D eigenvalue weighted by atomic mass is 10.1. The van der Waals surface area contributed by atoms with Crippen molar-refractivity contribution < 1.29 is 27.8 Å². The van der Waals surface area contributed by atoms with Crippen molar-refractivity contribution in [3.05, 3.63) is 53.9 Å². The van der Waals surface area contributed by atoms with Crippen LogP contribution in [0.1, 0.15) is 37.4 Å². The van der Waals surface area contributed by atoms with Gasteiger partial charge in [-0.25, -0.2) is 4.98 Å². The van der Waals surface area contributed by atoms with E-state index in [9.17, 15) is 13.6 Å². The third-order valence-electron chi connectivity index (χ3n) is 4.54. The van der Waals surface area contributed by atoms with Gasteiger partial charge in [0.05, 0.1) is 11.0 Å². The van der Waals surface area contributed by atoms with Crippen LogP contribution in [-0.4, -0.2) is 22.3 Å². The molecule has 1 aromatic heterocycles. The van der Waals surface area contributed by atoms with Crippen LogP contribution in [0.5, 0.6) is 11.5 Å². The summed E-state index contributed by atoms with van der Waals surface area (Å²) in [7, 11) is 0. The third kappa shape index (κ3) is 3.49. The molecule has 1 aliphatic heterocycles. The van der Waals surface area contributed by atoms with E-state index in [0.29, 0.717) is 29.0 Å². The van der Waals surface area contributed by atoms with Crippen molar-refractivity contribution in [3.8, 4) is 11.5 Å². The topological polar surface area (TPSA) is 62.6 Å². The molecule has 0 saturated heterocycles. The largest absolute Gasteiger partial charge is 0.454 e. The Morgan fingerprint density at radius 3 is 2.82 bits per heavy atom. The number of carbonyl (C=O) groups excluding carboxylic acids is 1. The fraction of sp³-hybridized carbons (Fsp3) is 0.300. The molecule has 0 saturated carbocycles. The molecule has 2 heterocycles. The summed E-state index contributed by atoms with van der Waals surface area (Å²) in [5, 5.41) is 0. The van der Waals surface area contributed by atoms with Crippen molar-refractivity contribution in [2.24, 2.45) is 0 Å². The van der Waals surface area contributed by atoms with Gasteiger partial charge in [-0.05, 0) is 43.2 Å². The van der Waals surface area contributed by atoms with Gasteiger partial charge in [-0.3, -0.25) is 9.36 Å². The first-order valence-corrected chi connectivity index (χ1v) is 8.86. The summed E-state index contributed by atoms with van der Waals surface area (Å²) in [6.07, 6.45) is -0.350. The average molecular weight is 388 g/mol. The minimum atomic E-state index is -2.78. The zero-order valence-electron chi connectivity index (χ0n) is 15.1. The Kier molecular flexibility index (Phi) is 4.85. The lowest BCUT2D eigenvalue weighted by Crippen LogP contribution is -2.15. The Labute approximate surface area is 159 Å². The molecule has 0 bridgehead atoms. The number of rotatable bonds is 6. The first-order valence-electron chi connectivity index (χ1n) is 8.86. The maximum atomic E-state index is 13.5. The molecule has 2 aromatic carbocycles. The monoisotopic (exact) mass is 388 g/mol. The van der Waals surface area contributed by atoms with E-state index in [2.05, 4.69) is 4.98 Å². The molecule has 4 rings (SSSR count). The van der Waals surface area contributed by atoms with Crippen molar-refractivity contribution in [2.75, 3.05) is 6.79 Å². The predicted molar refractivity (Wildman–Crippen MR) is 96.4 cm³/mol. The fourth-order valence-electron chi connectivity index (χ4n) is 3.21. The van der Waals surface area contributed by atoms with Gasteiger partial charge in [-0.2, -0.15) is 8.78 Å². The van der Waals surface area contributed by atoms with Gasteiger partial charge < -0.3 is 14.2 Å². The number of para-hydroxylation sites is 2. The normalized spacial score (nSPS) is 13.9. The Morgan fingerprint density at radius 1 is 1.21 bits per heavy atom. The summed E-state index contributed by atoms with van der Waals surface area (Å²) in [5.74, 6) is 0.849. The van der Waals surface area contributed by atoms with Gasteiger partial charge in [-0.15, -0.1) is 0 Å². The molecule has 0 spiro atoms. The smallest absolute Gasteiger partial charge is 0.320 e. The van der Waals surface area contributed by atoms with Gasteiger partial charge in [-0.1, -0.05) is 18.2 Å². The van der Waals surface area contributed by atoms with Crippen molar-refractivity contribution in [1.82, 2.24) is 9.55 Å². The van der Waals surface area contributed by atoms with E-state index in [4.69, 9.17) is 14.2 Å². The number of fused-ring (bicyclic) bond motifs is 2. The SMILES string of the molecule is CC(OC(=O)CCc1ccc2c(c1)OCO2)c1nc2ccccc2n1C(F)F. The van der Waals surface area contributed by atoms with Crippen LogP contribution < -0.4 is 9.47 Å². The van der Waals surface area contributed by atoms with Crippen LogP contribution in [0.15, 0.2) is 42.5 Å². The lowest BCUT2D eigenvalue weighted by molar-refractivity contribution is -0.149. The van der Waals surface area contributed by atoms with E-state index < -0.39 is 18.6 Å². The molecule has 0 fully saturated rings. The number of benzene rings is 2. The molecular weight excluding hydrogens is 370 g/mol. The first kappa shape index (κ1) is 18.2. The number of carbonyl (C=O) groups is 1. The summed E-state index contributed by atoms with van der Waals surface area (Å²) >= 11 is 0. The molecule has 1 atom stereocenters. The third-order valence-corrected chi connectivity index (χ3v) is 4.54. The van der Waals surface area contributed by atoms with Crippen LogP contribution >= 0.6 is 0 Å². The van der Waals surface area contributed by atoms with E-state index >= 15 is 0 Å². The van der Waals surface area contributed by atoms with Crippen molar-refractivity contribution in [3.63, 3.8) is 0 Å². The van der Waals surface area contributed by atoms with Crippen molar-refractivity contribution in [2.45, 2.75) is 32.4 Å². The van der Waals surface area contributed by atoms with Gasteiger partial charge in [0, 0.05) is 6.42 Å². The Morgan fingerprint density at radius 2 is 2.00 bits per heavy atom. The molecule has 1 unspecified atom stereocenters. The second-order valence-electron chi connectivity index (χ2n) is 6.43. The molecular formula is C20H18F2N2O4. The fourth-order valence-corrected chi connectivity index (χ4v) is 3.21. The van der Waals surface area contributed by atoms with Crippen LogP contribution in [-0.2, 0) is 16.0 Å². The van der Waals surface area contributed by atoms with Crippen LogP contribution in [0.25, 0.3) is 11.0 Å². The van der Waals surface area contributed by atoms with Gasteiger partial charge in [0.15, 0.2) is 23.4 Å². The second-order valence-corrected chi connectivity index (χ2v) is 6.43. The highest BCUT2D eigenvalue weighted by atomic mass is 19.3. The Balaban J connectivity index is 1.43. The zero-order valence-corrected chi connectivity index (χ0v) is 15.1. The minimum absolute atomic E-state index is 0.0210. The predicted octanol–water partition coefficient (Wildman–Crippen LogP) is 4.40. The van der Waals surface area contributed by atoms with Gasteiger partial charge in [0.1, 0.15) is 0 Å². The molecule has 146 valence electrons. The number of hydrogen-bond donors (Lipinski definition) is 0. The van der Waals surface area contributed by atoms with E-state index in [0.717, 1.165) is 10.1 Å². The second kappa shape index (κ2) is 7.46. The zero-order chi connectivity index (χ0) is 19.7. The number of esters is 1. The van der Waals surface area contributed by atoms with E-state index in [1.807, 2.05) is 12.1 Å². The average Bonchev–Trinajstić information content (AvgIpc) is 3.30. The lowest BCUT2D eigenvalue weighted by Gasteiger charge is -2.15. The van der Waals surface area contributed by atoms with Crippen LogP contribution in [0.2, 0.25) is 0 Å². The van der Waals surface area contributed by atoms with Crippen LogP contribution in [0.4, 0.5) is 8.78 Å². The number of ether oxygens (including phenoxy) is 3. The number of aryl methyl sites for hydroxylation is 1. The van der Waals surface area contributed by atoms with Crippen LogP contribution in [0.3, 0.4) is 0 Å². The van der Waals surface area contributed by atoms with Crippen LogP contribution in [0, 0.1) is 0 Å². The number of imidazole rings is 1. The van der Waals surface area contributed by atoms with Gasteiger partial charge in [0.25, 0.3) is 0 Å². The molecule has 6 nitrogen and oxygen atoms in total. The molecule has 1 aliphatic rings. The summed E-state index contributed by atoms with van der Waals surface area (Å²) in [4.78, 5) is 16.4. The van der Waals surface area contributed by atoms with Crippen molar-refractivity contribution in [1.29, 1.82) is 0 Å². The molecule has 0 amide bonds. The molecule has 8 heteroatoms. The minimum Gasteiger partial charge on any atom is -0.454 e. The van der Waals surface area contributed by atoms with Gasteiger partial charge in [0.2, 0.25) is 6.79 Å². The Bertz CT molecular complexity index is 1020. The highest BCUT2D eigenvalue weighted by molar-refractivity contribution is 5.76. The number of halogens is 2. The summed E-state index contributed by atoms with van der Waals surface area (Å²) in [5.41, 5.74) is 1.63. The van der Waals surface area contributed by atoms with Crippen molar-refractivity contribution >= 4 is 17.0 Å². The summed E-state index contributed by atoms with van der Waals surface area (Å²) in [6, 6.07) is 12.0. The first-order chi connectivity index (χ1) is 13.5. The summed E-state index contributed by atoms with van der Waals surface area (Å²) in [6.45, 7) is -1.06. The highest BCUT2D eigenvalue weighted by Gasteiger charge is 2.24. The standard InChI is InChI=1S/C20H18F2N2O4/c1-12(19-23-14-4-2-3-5-15(14)24(19)20(21)22)28-18(25)9-7-13-6-8-16-17(10-13)27-11-26-16/h2-6,8,10,12,20H,7,9,11H2,1H3.